The van der Waals surface area contributed by atoms with E-state index in [4.69, 9.17) is 14.1 Å². The molecule has 2 unspecified atom stereocenters. The van der Waals surface area contributed by atoms with Crippen LogP contribution in [0.2, 0.25) is 0 Å². The van der Waals surface area contributed by atoms with E-state index in [0.717, 1.165) is 16.7 Å². The number of oxime groups is 1. The molecule has 0 bridgehead atoms. The van der Waals surface area contributed by atoms with Crippen molar-refractivity contribution in [2.24, 2.45) is 11.1 Å². The molecule has 0 saturated carbocycles. The Balaban J connectivity index is 1.78. The van der Waals surface area contributed by atoms with Crippen LogP contribution in [0.1, 0.15) is 49.0 Å². The number of benzene rings is 2. The highest BCUT2D eigenvalue weighted by atomic mass is 16.6. The summed E-state index contributed by atoms with van der Waals surface area (Å²) >= 11 is 0. The minimum absolute atomic E-state index is 0.306. The van der Waals surface area contributed by atoms with E-state index >= 15 is 0 Å². The lowest BCUT2D eigenvalue weighted by Gasteiger charge is -2.17. The number of carboxylic acids is 1. The van der Waals surface area contributed by atoms with E-state index in [1.165, 1.54) is 6.33 Å². The maximum absolute atomic E-state index is 11.8. The van der Waals surface area contributed by atoms with E-state index in [9.17, 15) is 9.90 Å². The van der Waals surface area contributed by atoms with Crippen LogP contribution < -0.4 is 4.74 Å². The molecule has 2 atom stereocenters. The minimum Gasteiger partial charge on any atom is -0.481 e. The molecule has 8 nitrogen and oxygen atoms in total. The maximum atomic E-state index is 11.8. The number of nitrogens with zero attached hydrogens (tertiary/aromatic N) is 3. The molecule has 3 aromatic rings. The van der Waals surface area contributed by atoms with Gasteiger partial charge in [0.05, 0.1) is 5.71 Å². The predicted molar refractivity (Wildman–Crippen MR) is 119 cm³/mol. The first-order valence-electron chi connectivity index (χ1n) is 10.5. The fraction of sp³-hybridized carbons (Fsp3) is 0.333. The van der Waals surface area contributed by atoms with E-state index < -0.39 is 18.0 Å². The lowest BCUT2D eigenvalue weighted by molar-refractivity contribution is -0.139. The van der Waals surface area contributed by atoms with Gasteiger partial charge in [-0.15, -0.1) is 0 Å². The Labute approximate surface area is 186 Å². The highest BCUT2D eigenvalue weighted by molar-refractivity contribution is 6.01. The second-order valence-corrected chi connectivity index (χ2v) is 7.28. The number of hydrogen-bond acceptors (Lipinski definition) is 7. The van der Waals surface area contributed by atoms with Gasteiger partial charge in [-0.3, -0.25) is 4.79 Å². The molecule has 0 radical (unpaired) electrons. The number of aliphatic carboxylic acids is 1. The fourth-order valence-electron chi connectivity index (χ4n) is 3.34. The summed E-state index contributed by atoms with van der Waals surface area (Å²) in [5.41, 5.74) is 3.35. The Morgan fingerprint density at radius 1 is 1.19 bits per heavy atom. The zero-order valence-electron chi connectivity index (χ0n) is 18.4. The van der Waals surface area contributed by atoms with Crippen LogP contribution in [0.3, 0.4) is 0 Å². The van der Waals surface area contributed by atoms with E-state index in [0.29, 0.717) is 36.8 Å². The van der Waals surface area contributed by atoms with E-state index in [2.05, 4.69) is 15.3 Å². The summed E-state index contributed by atoms with van der Waals surface area (Å²) in [5, 5.41) is 17.4. The molecular formula is C24H27N3O5. The predicted octanol–water partition coefficient (Wildman–Crippen LogP) is 4.59. The third kappa shape index (κ3) is 5.94. The number of aryl methyl sites for hydroxylation is 1. The van der Waals surface area contributed by atoms with Crippen LogP contribution in [-0.4, -0.2) is 33.5 Å². The highest BCUT2D eigenvalue weighted by Crippen LogP contribution is 2.28. The van der Waals surface area contributed by atoms with Gasteiger partial charge in [-0.25, -0.2) is 0 Å². The Kier molecular flexibility index (Phi) is 7.96. The van der Waals surface area contributed by atoms with Crippen molar-refractivity contribution < 1.29 is 24.0 Å². The van der Waals surface area contributed by atoms with Crippen molar-refractivity contribution in [3.63, 3.8) is 0 Å². The summed E-state index contributed by atoms with van der Waals surface area (Å²) in [5.74, 6) is -0.729. The molecule has 3 rings (SSSR count). The molecule has 0 aliphatic heterocycles. The average molecular weight is 437 g/mol. The lowest BCUT2D eigenvalue weighted by Crippen LogP contribution is -2.26. The molecule has 1 heterocycles. The molecule has 0 aliphatic carbocycles. The Bertz CT molecular complexity index is 1030. The molecule has 1 aromatic heterocycles. The zero-order chi connectivity index (χ0) is 22.9. The maximum Gasteiger partial charge on any atom is 0.312 e. The molecular weight excluding hydrogens is 410 g/mol. The van der Waals surface area contributed by atoms with Crippen LogP contribution in [-0.2, 0) is 16.1 Å². The van der Waals surface area contributed by atoms with Crippen molar-refractivity contribution in [1.29, 1.82) is 0 Å². The summed E-state index contributed by atoms with van der Waals surface area (Å²) in [6.07, 6.45) is 1.59. The Morgan fingerprint density at radius 2 is 1.97 bits per heavy atom. The summed E-state index contributed by atoms with van der Waals surface area (Å²) in [4.78, 5) is 21.1. The van der Waals surface area contributed by atoms with Crippen molar-refractivity contribution in [2.75, 3.05) is 6.61 Å². The van der Waals surface area contributed by atoms with E-state index in [-0.39, 0.29) is 0 Å². The first-order chi connectivity index (χ1) is 15.5. The third-order valence-electron chi connectivity index (χ3n) is 4.94. The average Bonchev–Trinajstić information content (AvgIpc) is 3.32. The number of ether oxygens (including phenoxy) is 1. The summed E-state index contributed by atoms with van der Waals surface area (Å²) in [6.45, 7) is 6.07. The third-order valence-corrected chi connectivity index (χ3v) is 4.94. The molecule has 0 spiro atoms. The molecule has 0 fully saturated rings. The van der Waals surface area contributed by atoms with Crippen molar-refractivity contribution in [3.8, 4) is 5.75 Å². The minimum atomic E-state index is -0.929. The normalized spacial score (nSPS) is 13.4. The molecule has 0 aliphatic rings. The van der Waals surface area contributed by atoms with Gasteiger partial charge >= 0.3 is 5.97 Å². The second kappa shape index (κ2) is 11.1. The van der Waals surface area contributed by atoms with Gasteiger partial charge in [0.1, 0.15) is 18.3 Å². The van der Waals surface area contributed by atoms with Crippen LogP contribution in [0.5, 0.6) is 5.75 Å². The van der Waals surface area contributed by atoms with Gasteiger partial charge in [0.2, 0.25) is 6.10 Å². The molecule has 32 heavy (non-hydrogen) atoms. The van der Waals surface area contributed by atoms with Crippen molar-refractivity contribution in [1.82, 2.24) is 10.1 Å². The quantitative estimate of drug-likeness (QED) is 0.345. The second-order valence-electron chi connectivity index (χ2n) is 7.28. The standard InChI is InChI=1S/C24H27N3O5/c1-4-21(27-30-5-2)20(24(28)29)14-17-9-11-19(12-10-17)31-22(23-25-15-26-32-23)18-8-6-7-16(3)13-18/h6-13,15,20,22H,4-5,14H2,1-3H3,(H,28,29). The number of aromatic nitrogens is 2. The smallest absolute Gasteiger partial charge is 0.312 e. The van der Waals surface area contributed by atoms with Crippen LogP contribution in [0.4, 0.5) is 0 Å². The topological polar surface area (TPSA) is 107 Å². The monoisotopic (exact) mass is 437 g/mol. The van der Waals surface area contributed by atoms with Gasteiger partial charge in [0, 0.05) is 5.56 Å². The van der Waals surface area contributed by atoms with Crippen LogP contribution >= 0.6 is 0 Å². The van der Waals surface area contributed by atoms with Gasteiger partial charge in [0.15, 0.2) is 6.33 Å². The van der Waals surface area contributed by atoms with Crippen molar-refractivity contribution in [3.05, 3.63) is 77.4 Å². The van der Waals surface area contributed by atoms with E-state index in [1.807, 2.05) is 57.2 Å². The SMILES string of the molecule is CCON=C(CC)C(Cc1ccc(OC(c2cccc(C)c2)c2ncno2)cc1)C(=O)O. The van der Waals surface area contributed by atoms with Gasteiger partial charge in [-0.05, 0) is 44.4 Å². The number of rotatable bonds is 11. The molecule has 1 N–H and O–H groups in total. The van der Waals surface area contributed by atoms with Gasteiger partial charge in [0.25, 0.3) is 5.89 Å². The molecule has 0 saturated heterocycles. The number of carboxylic acid groups (broad SMARTS) is 1. The zero-order valence-corrected chi connectivity index (χ0v) is 18.4. The van der Waals surface area contributed by atoms with Crippen LogP contribution in [0, 0.1) is 12.8 Å². The number of carbonyl (C=O) groups is 1. The van der Waals surface area contributed by atoms with Crippen molar-refractivity contribution >= 4 is 11.7 Å². The lowest BCUT2D eigenvalue weighted by atomic mass is 9.93. The van der Waals surface area contributed by atoms with Gasteiger partial charge in [-0.2, -0.15) is 4.98 Å². The van der Waals surface area contributed by atoms with Crippen molar-refractivity contribution in [2.45, 2.75) is 39.7 Å². The number of hydrogen-bond donors (Lipinski definition) is 1. The van der Waals surface area contributed by atoms with Gasteiger partial charge in [-0.1, -0.05) is 59.2 Å². The summed E-state index contributed by atoms with van der Waals surface area (Å²) in [7, 11) is 0. The van der Waals surface area contributed by atoms with Gasteiger partial charge < -0.3 is 19.2 Å². The van der Waals surface area contributed by atoms with Crippen LogP contribution in [0.25, 0.3) is 0 Å². The molecule has 168 valence electrons. The molecule has 8 heteroatoms. The Morgan fingerprint density at radius 3 is 2.56 bits per heavy atom. The Hall–Kier alpha value is -3.68. The largest absolute Gasteiger partial charge is 0.481 e. The summed E-state index contributed by atoms with van der Waals surface area (Å²) in [6, 6.07) is 15.2. The summed E-state index contributed by atoms with van der Waals surface area (Å²) < 4.78 is 11.4. The highest BCUT2D eigenvalue weighted by Gasteiger charge is 2.25. The van der Waals surface area contributed by atoms with Crippen LogP contribution in [0.15, 0.2) is 64.5 Å². The molecule has 0 amide bonds. The van der Waals surface area contributed by atoms with E-state index in [1.54, 1.807) is 12.1 Å². The first-order valence-corrected chi connectivity index (χ1v) is 10.5. The fourth-order valence-corrected chi connectivity index (χ4v) is 3.34. The molecule has 2 aromatic carbocycles. The first kappa shape index (κ1) is 23.0.